The average molecular weight is 356 g/mol. The Morgan fingerprint density at radius 2 is 1.84 bits per heavy atom. The van der Waals surface area contributed by atoms with E-state index in [0.29, 0.717) is 6.04 Å². The number of fused-ring (bicyclic) bond motifs is 1. The van der Waals surface area contributed by atoms with Gasteiger partial charge in [-0.3, -0.25) is 4.57 Å². The van der Waals surface area contributed by atoms with Gasteiger partial charge in [0.25, 0.3) is 0 Å². The van der Waals surface area contributed by atoms with Crippen LogP contribution in [0.2, 0.25) is 0 Å². The number of thioether (sulfide) groups is 1. The molecule has 0 spiro atoms. The van der Waals surface area contributed by atoms with E-state index in [1.165, 1.54) is 10.5 Å². The maximum atomic E-state index is 12.1. The van der Waals surface area contributed by atoms with Crippen LogP contribution in [-0.4, -0.2) is 34.3 Å². The van der Waals surface area contributed by atoms with E-state index in [1.807, 2.05) is 40.6 Å². The molecule has 1 N–H and O–H groups in total. The smallest absolute Gasteiger partial charge is 0.306 e. The number of H-pyrrole nitrogens is 1. The van der Waals surface area contributed by atoms with Crippen molar-refractivity contribution >= 4 is 22.8 Å². The summed E-state index contributed by atoms with van der Waals surface area (Å²) < 4.78 is 1.84. The summed E-state index contributed by atoms with van der Waals surface area (Å²) in [6, 6.07) is 16.8. The van der Waals surface area contributed by atoms with Crippen LogP contribution in [0.4, 0.5) is 0 Å². The Labute approximate surface area is 152 Å². The second kappa shape index (κ2) is 7.93. The molecule has 1 aromatic heterocycles. The lowest BCUT2D eigenvalue weighted by molar-refractivity contribution is 0.317. The van der Waals surface area contributed by atoms with Crippen LogP contribution in [0.5, 0.6) is 0 Å². The molecule has 0 unspecified atom stereocenters. The zero-order valence-corrected chi connectivity index (χ0v) is 15.8. The van der Waals surface area contributed by atoms with Gasteiger partial charge in [0.1, 0.15) is 0 Å². The first kappa shape index (κ1) is 17.8. The molecule has 3 aromatic rings. The van der Waals surface area contributed by atoms with E-state index in [-0.39, 0.29) is 5.69 Å². The number of para-hydroxylation sites is 2. The standard InChI is InChI=1S/C20H25N3OS/c1-15(22(2)3)16-9-4-7-12-19(16)25-14-8-13-23-18-11-6-5-10-17(18)21-20(23)24/h4-7,9-12,15H,8,13-14H2,1-3H3,(H,21,24)/t15-/m1/s1. The monoisotopic (exact) mass is 355 g/mol. The van der Waals surface area contributed by atoms with Crippen molar-refractivity contribution in [2.45, 2.75) is 30.8 Å². The van der Waals surface area contributed by atoms with Crippen LogP contribution in [0.1, 0.15) is 24.9 Å². The second-order valence-electron chi connectivity index (χ2n) is 6.48. The van der Waals surface area contributed by atoms with Gasteiger partial charge in [0, 0.05) is 17.5 Å². The number of aromatic nitrogens is 2. The number of imidazole rings is 1. The molecule has 25 heavy (non-hydrogen) atoms. The van der Waals surface area contributed by atoms with Crippen LogP contribution in [0.15, 0.2) is 58.2 Å². The molecule has 0 bridgehead atoms. The lowest BCUT2D eigenvalue weighted by atomic mass is 10.1. The Balaban J connectivity index is 1.64. The zero-order chi connectivity index (χ0) is 17.8. The molecule has 0 aliphatic carbocycles. The Morgan fingerprint density at radius 3 is 2.64 bits per heavy atom. The van der Waals surface area contributed by atoms with E-state index in [1.54, 1.807) is 0 Å². The lowest BCUT2D eigenvalue weighted by Crippen LogP contribution is -2.17. The van der Waals surface area contributed by atoms with Gasteiger partial charge in [-0.2, -0.15) is 0 Å². The first-order chi connectivity index (χ1) is 12.1. The third kappa shape index (κ3) is 3.99. The molecule has 4 nitrogen and oxygen atoms in total. The summed E-state index contributed by atoms with van der Waals surface area (Å²) in [7, 11) is 4.21. The van der Waals surface area contributed by atoms with E-state index >= 15 is 0 Å². The molecule has 5 heteroatoms. The quantitative estimate of drug-likeness (QED) is 0.512. The Bertz CT molecular complexity index is 897. The summed E-state index contributed by atoms with van der Waals surface area (Å²) in [4.78, 5) is 18.6. The van der Waals surface area contributed by atoms with Crippen LogP contribution in [0.3, 0.4) is 0 Å². The molecule has 0 aliphatic heterocycles. The van der Waals surface area contributed by atoms with Crippen molar-refractivity contribution in [3.05, 3.63) is 64.6 Å². The first-order valence-corrected chi connectivity index (χ1v) is 9.62. The summed E-state index contributed by atoms with van der Waals surface area (Å²) in [5.41, 5.74) is 3.24. The topological polar surface area (TPSA) is 41.0 Å². The number of nitrogens with zero attached hydrogens (tertiary/aromatic N) is 2. The molecule has 0 amide bonds. The zero-order valence-electron chi connectivity index (χ0n) is 15.0. The van der Waals surface area contributed by atoms with Crippen molar-refractivity contribution in [3.8, 4) is 0 Å². The minimum absolute atomic E-state index is 0.0205. The van der Waals surface area contributed by atoms with Gasteiger partial charge < -0.3 is 9.88 Å². The van der Waals surface area contributed by atoms with Crippen molar-refractivity contribution in [3.63, 3.8) is 0 Å². The average Bonchev–Trinajstić information content (AvgIpc) is 2.93. The molecule has 132 valence electrons. The normalized spacial score (nSPS) is 12.8. The van der Waals surface area contributed by atoms with Gasteiger partial charge in [-0.1, -0.05) is 30.3 Å². The Morgan fingerprint density at radius 1 is 1.12 bits per heavy atom. The molecule has 0 radical (unpaired) electrons. The van der Waals surface area contributed by atoms with E-state index in [9.17, 15) is 4.79 Å². The first-order valence-electron chi connectivity index (χ1n) is 8.63. The predicted molar refractivity (Wildman–Crippen MR) is 106 cm³/mol. The highest BCUT2D eigenvalue weighted by atomic mass is 32.2. The van der Waals surface area contributed by atoms with Gasteiger partial charge in [0.05, 0.1) is 11.0 Å². The van der Waals surface area contributed by atoms with Crippen molar-refractivity contribution in [1.82, 2.24) is 14.5 Å². The third-order valence-corrected chi connectivity index (χ3v) is 5.78. The molecule has 1 heterocycles. The molecular weight excluding hydrogens is 330 g/mol. The number of benzene rings is 2. The number of nitrogens with one attached hydrogen (secondary N) is 1. The maximum Gasteiger partial charge on any atom is 0.326 e. The summed E-state index contributed by atoms with van der Waals surface area (Å²) in [5.74, 6) is 0.989. The minimum Gasteiger partial charge on any atom is -0.306 e. The summed E-state index contributed by atoms with van der Waals surface area (Å²) in [6.07, 6.45) is 0.955. The van der Waals surface area contributed by atoms with Crippen LogP contribution < -0.4 is 5.69 Å². The molecule has 0 aliphatic rings. The van der Waals surface area contributed by atoms with Crippen LogP contribution in [0, 0.1) is 0 Å². The van der Waals surface area contributed by atoms with E-state index in [2.05, 4.69) is 55.2 Å². The largest absolute Gasteiger partial charge is 0.326 e. The van der Waals surface area contributed by atoms with Crippen molar-refractivity contribution in [1.29, 1.82) is 0 Å². The molecular formula is C20H25N3OS. The number of hydrogen-bond acceptors (Lipinski definition) is 3. The Hall–Kier alpha value is -1.98. The van der Waals surface area contributed by atoms with Gasteiger partial charge in [-0.25, -0.2) is 4.79 Å². The minimum atomic E-state index is -0.0205. The van der Waals surface area contributed by atoms with Gasteiger partial charge in [0.15, 0.2) is 0 Å². The summed E-state index contributed by atoms with van der Waals surface area (Å²) >= 11 is 1.87. The van der Waals surface area contributed by atoms with E-state index in [4.69, 9.17) is 0 Å². The van der Waals surface area contributed by atoms with Crippen LogP contribution in [0.25, 0.3) is 11.0 Å². The van der Waals surface area contributed by atoms with Crippen LogP contribution >= 0.6 is 11.8 Å². The van der Waals surface area contributed by atoms with Gasteiger partial charge in [0.2, 0.25) is 0 Å². The Kier molecular flexibility index (Phi) is 5.66. The van der Waals surface area contributed by atoms with Crippen molar-refractivity contribution in [2.75, 3.05) is 19.8 Å². The highest BCUT2D eigenvalue weighted by Gasteiger charge is 2.12. The molecule has 1 atom stereocenters. The number of aromatic amines is 1. The van der Waals surface area contributed by atoms with Gasteiger partial charge in [-0.05, 0) is 57.0 Å². The predicted octanol–water partition coefficient (Wildman–Crippen LogP) is 4.13. The fourth-order valence-electron chi connectivity index (χ4n) is 2.97. The summed E-state index contributed by atoms with van der Waals surface area (Å²) in [6.45, 7) is 2.96. The SMILES string of the molecule is C[C@H](c1ccccc1SCCCn1c(=O)[nH]c2ccccc21)N(C)C. The van der Waals surface area contributed by atoms with E-state index < -0.39 is 0 Å². The highest BCUT2D eigenvalue weighted by Crippen LogP contribution is 2.30. The molecule has 2 aromatic carbocycles. The number of aryl methyl sites for hydroxylation is 1. The number of hydrogen-bond donors (Lipinski definition) is 1. The summed E-state index contributed by atoms with van der Waals surface area (Å²) in [5, 5.41) is 0. The van der Waals surface area contributed by atoms with E-state index in [0.717, 1.165) is 29.8 Å². The molecule has 3 rings (SSSR count). The van der Waals surface area contributed by atoms with Gasteiger partial charge in [-0.15, -0.1) is 11.8 Å². The fraction of sp³-hybridized carbons (Fsp3) is 0.350. The molecule has 0 saturated heterocycles. The van der Waals surface area contributed by atoms with Gasteiger partial charge >= 0.3 is 5.69 Å². The van der Waals surface area contributed by atoms with Crippen molar-refractivity contribution < 1.29 is 0 Å². The second-order valence-corrected chi connectivity index (χ2v) is 7.62. The van der Waals surface area contributed by atoms with Crippen LogP contribution in [-0.2, 0) is 6.54 Å². The molecule has 0 fully saturated rings. The molecule has 0 saturated carbocycles. The lowest BCUT2D eigenvalue weighted by Gasteiger charge is -2.22. The number of rotatable bonds is 7. The third-order valence-electron chi connectivity index (χ3n) is 4.61. The van der Waals surface area contributed by atoms with Crippen molar-refractivity contribution in [2.24, 2.45) is 0 Å². The maximum absolute atomic E-state index is 12.1. The highest BCUT2D eigenvalue weighted by molar-refractivity contribution is 7.99. The fourth-order valence-corrected chi connectivity index (χ4v) is 4.04.